The average molecular weight is 334 g/mol. The van der Waals surface area contributed by atoms with Crippen molar-refractivity contribution in [2.45, 2.75) is 31.7 Å². The van der Waals surface area contributed by atoms with Gasteiger partial charge in [-0.1, -0.05) is 24.4 Å². The summed E-state index contributed by atoms with van der Waals surface area (Å²) < 4.78 is 0.888. The minimum atomic E-state index is 0.529. The van der Waals surface area contributed by atoms with Crippen molar-refractivity contribution in [2.24, 2.45) is 0 Å². The van der Waals surface area contributed by atoms with Crippen molar-refractivity contribution in [3.63, 3.8) is 0 Å². The summed E-state index contributed by atoms with van der Waals surface area (Å²) in [5.41, 5.74) is 0.911. The summed E-state index contributed by atoms with van der Waals surface area (Å²) in [5, 5.41) is 7.83. The zero-order valence-corrected chi connectivity index (χ0v) is 12.5. The summed E-state index contributed by atoms with van der Waals surface area (Å²) in [6, 6.07) is 6.23. The average Bonchev–Trinajstić information content (AvgIpc) is 2.76. The Balaban J connectivity index is 1.90. The van der Waals surface area contributed by atoms with Crippen LogP contribution in [0.2, 0.25) is 5.02 Å². The van der Waals surface area contributed by atoms with Gasteiger partial charge in [0.2, 0.25) is 0 Å². The molecule has 1 aromatic carbocycles. The van der Waals surface area contributed by atoms with Crippen molar-refractivity contribution < 1.29 is 0 Å². The predicted molar refractivity (Wildman–Crippen MR) is 80.8 cm³/mol. The molecule has 0 spiro atoms. The second-order valence-corrected chi connectivity index (χ2v) is 5.88. The molecule has 0 amide bonds. The lowest BCUT2D eigenvalue weighted by Gasteiger charge is -2.15. The fraction of sp³-hybridized carbons (Fsp3) is 0.417. The lowest BCUT2D eigenvalue weighted by molar-refractivity contribution is 0.634. The molecule has 92 valence electrons. The Morgan fingerprint density at radius 3 is 2.71 bits per heavy atom. The summed E-state index contributed by atoms with van der Waals surface area (Å²) in [7, 11) is 0. The van der Waals surface area contributed by atoms with Crippen molar-refractivity contribution in [2.75, 3.05) is 5.32 Å². The van der Waals surface area contributed by atoms with Crippen LogP contribution in [-0.2, 0) is 0 Å². The molecule has 0 atom stereocenters. The van der Waals surface area contributed by atoms with Crippen LogP contribution in [0.5, 0.6) is 0 Å². The topological polar surface area (TPSA) is 24.1 Å². The second kappa shape index (κ2) is 6.03. The number of benzene rings is 1. The summed E-state index contributed by atoms with van der Waals surface area (Å²) >= 11 is 14.6. The first-order valence-corrected chi connectivity index (χ1v) is 7.25. The van der Waals surface area contributed by atoms with Gasteiger partial charge in [0.1, 0.15) is 0 Å². The molecule has 1 aromatic rings. The van der Waals surface area contributed by atoms with Crippen molar-refractivity contribution in [1.82, 2.24) is 5.32 Å². The van der Waals surface area contributed by atoms with Gasteiger partial charge in [-0.25, -0.2) is 0 Å². The van der Waals surface area contributed by atoms with E-state index in [0.29, 0.717) is 16.2 Å². The van der Waals surface area contributed by atoms with Gasteiger partial charge < -0.3 is 10.6 Å². The molecule has 0 radical (unpaired) electrons. The number of halogens is 2. The lowest BCUT2D eigenvalue weighted by atomic mass is 10.2. The Labute approximate surface area is 120 Å². The molecule has 0 aliphatic heterocycles. The molecule has 1 aliphatic rings. The van der Waals surface area contributed by atoms with Crippen molar-refractivity contribution in [1.29, 1.82) is 0 Å². The predicted octanol–water partition coefficient (Wildman–Crippen LogP) is 4.33. The molecule has 17 heavy (non-hydrogen) atoms. The maximum absolute atomic E-state index is 6.02. The maximum atomic E-state index is 6.02. The van der Waals surface area contributed by atoms with Crippen LogP contribution in [0.25, 0.3) is 0 Å². The van der Waals surface area contributed by atoms with Crippen molar-refractivity contribution >= 4 is 50.5 Å². The second-order valence-electron chi connectivity index (χ2n) is 4.21. The van der Waals surface area contributed by atoms with Gasteiger partial charge in [0.15, 0.2) is 5.11 Å². The van der Waals surface area contributed by atoms with Crippen LogP contribution >= 0.6 is 39.7 Å². The molecular weight excluding hydrogens is 320 g/mol. The number of nitrogens with one attached hydrogen (secondary N) is 2. The number of rotatable bonds is 2. The quantitative estimate of drug-likeness (QED) is 0.788. The largest absolute Gasteiger partial charge is 0.360 e. The van der Waals surface area contributed by atoms with Crippen LogP contribution in [0.3, 0.4) is 0 Å². The van der Waals surface area contributed by atoms with E-state index in [0.717, 1.165) is 10.2 Å². The Morgan fingerprint density at radius 1 is 1.35 bits per heavy atom. The van der Waals surface area contributed by atoms with Gasteiger partial charge in [-0.05, 0) is 59.2 Å². The van der Waals surface area contributed by atoms with Gasteiger partial charge in [-0.15, -0.1) is 0 Å². The molecule has 0 heterocycles. The third kappa shape index (κ3) is 3.83. The zero-order valence-electron chi connectivity index (χ0n) is 9.30. The highest BCUT2D eigenvalue weighted by atomic mass is 79.9. The van der Waals surface area contributed by atoms with Crippen LogP contribution in [0.4, 0.5) is 5.69 Å². The number of anilines is 1. The molecule has 2 nitrogen and oxygen atoms in total. The van der Waals surface area contributed by atoms with Gasteiger partial charge in [-0.3, -0.25) is 0 Å². The third-order valence-electron chi connectivity index (χ3n) is 2.87. The van der Waals surface area contributed by atoms with E-state index in [1.807, 2.05) is 18.2 Å². The smallest absolute Gasteiger partial charge is 0.170 e. The first kappa shape index (κ1) is 13.1. The van der Waals surface area contributed by atoms with Crippen LogP contribution in [-0.4, -0.2) is 11.2 Å². The first-order chi connectivity index (χ1) is 8.15. The van der Waals surface area contributed by atoms with Crippen LogP contribution in [0.15, 0.2) is 22.7 Å². The summed E-state index contributed by atoms with van der Waals surface area (Å²) in [4.78, 5) is 0. The van der Waals surface area contributed by atoms with E-state index in [1.165, 1.54) is 25.7 Å². The molecule has 0 aromatic heterocycles. The maximum Gasteiger partial charge on any atom is 0.170 e. The Bertz CT molecular complexity index is 419. The highest BCUT2D eigenvalue weighted by Crippen LogP contribution is 2.25. The first-order valence-electron chi connectivity index (χ1n) is 5.68. The minimum absolute atomic E-state index is 0.529. The van der Waals surface area contributed by atoms with Crippen LogP contribution < -0.4 is 10.6 Å². The van der Waals surface area contributed by atoms with Crippen LogP contribution in [0, 0.1) is 0 Å². The molecule has 1 aliphatic carbocycles. The van der Waals surface area contributed by atoms with E-state index in [-0.39, 0.29) is 0 Å². The van der Waals surface area contributed by atoms with E-state index in [1.54, 1.807) is 0 Å². The molecule has 0 bridgehead atoms. The summed E-state index contributed by atoms with van der Waals surface area (Å²) in [6.07, 6.45) is 5.01. The van der Waals surface area contributed by atoms with Gasteiger partial charge in [0.25, 0.3) is 0 Å². The van der Waals surface area contributed by atoms with Crippen molar-refractivity contribution in [3.8, 4) is 0 Å². The normalized spacial score (nSPS) is 15.9. The van der Waals surface area contributed by atoms with E-state index >= 15 is 0 Å². The highest BCUT2D eigenvalue weighted by Gasteiger charge is 2.15. The van der Waals surface area contributed by atoms with E-state index in [9.17, 15) is 0 Å². The fourth-order valence-corrected chi connectivity index (χ4v) is 2.71. The molecule has 0 saturated heterocycles. The van der Waals surface area contributed by atoms with Crippen molar-refractivity contribution in [3.05, 3.63) is 27.7 Å². The Hall–Kier alpha value is -0.320. The lowest BCUT2D eigenvalue weighted by Crippen LogP contribution is -2.35. The molecule has 1 saturated carbocycles. The third-order valence-corrected chi connectivity index (χ3v) is 4.32. The number of hydrogen-bond acceptors (Lipinski definition) is 1. The Kier molecular flexibility index (Phi) is 4.65. The van der Waals surface area contributed by atoms with E-state index in [2.05, 4.69) is 26.6 Å². The molecular formula is C12H14BrClN2S. The molecule has 2 N–H and O–H groups in total. The highest BCUT2D eigenvalue weighted by molar-refractivity contribution is 9.10. The summed E-state index contributed by atoms with van der Waals surface area (Å²) in [5.74, 6) is 0. The van der Waals surface area contributed by atoms with E-state index in [4.69, 9.17) is 23.8 Å². The van der Waals surface area contributed by atoms with Crippen LogP contribution in [0.1, 0.15) is 25.7 Å². The summed E-state index contributed by atoms with van der Waals surface area (Å²) in [6.45, 7) is 0. The fourth-order valence-electron chi connectivity index (χ4n) is 2.00. The standard InChI is InChI=1S/C12H14BrClN2S/c13-10-6-5-9(7-11(10)14)16-12(17)15-8-3-1-2-4-8/h5-8H,1-4H2,(H2,15,16,17). The van der Waals surface area contributed by atoms with Gasteiger partial charge in [0.05, 0.1) is 5.02 Å². The molecule has 5 heteroatoms. The minimum Gasteiger partial charge on any atom is -0.360 e. The number of thiocarbonyl (C=S) groups is 1. The molecule has 2 rings (SSSR count). The molecule has 1 fully saturated rings. The van der Waals surface area contributed by atoms with Gasteiger partial charge in [-0.2, -0.15) is 0 Å². The van der Waals surface area contributed by atoms with E-state index < -0.39 is 0 Å². The molecule has 0 unspecified atom stereocenters. The monoisotopic (exact) mass is 332 g/mol. The van der Waals surface area contributed by atoms with Gasteiger partial charge >= 0.3 is 0 Å². The Morgan fingerprint density at radius 2 is 2.06 bits per heavy atom. The zero-order chi connectivity index (χ0) is 12.3. The SMILES string of the molecule is S=C(Nc1ccc(Br)c(Cl)c1)NC1CCCC1. The number of hydrogen-bond donors (Lipinski definition) is 2. The van der Waals surface area contributed by atoms with Gasteiger partial charge in [0, 0.05) is 16.2 Å².